The number of rotatable bonds is 8. The number of nitrogens with one attached hydrogen (secondary N) is 1. The molecule has 0 bridgehead atoms. The molecule has 4 heteroatoms. The van der Waals surface area contributed by atoms with E-state index in [1.165, 1.54) is 0 Å². The molecule has 0 aromatic heterocycles. The molecule has 0 unspecified atom stereocenters. The fraction of sp³-hybridized carbons (Fsp3) is 0.909. The van der Waals surface area contributed by atoms with Gasteiger partial charge in [-0.1, -0.05) is 20.8 Å². The molecule has 1 amide bonds. The van der Waals surface area contributed by atoms with Crippen molar-refractivity contribution in [2.75, 3.05) is 18.1 Å². The minimum absolute atomic E-state index is 0.0220. The van der Waals surface area contributed by atoms with Crippen molar-refractivity contribution in [2.45, 2.75) is 45.6 Å². The van der Waals surface area contributed by atoms with Gasteiger partial charge in [-0.25, -0.2) is 0 Å². The van der Waals surface area contributed by atoms with Crippen molar-refractivity contribution in [3.8, 4) is 0 Å². The fourth-order valence-electron chi connectivity index (χ4n) is 1.12. The van der Waals surface area contributed by atoms with Gasteiger partial charge in [0, 0.05) is 6.54 Å². The maximum atomic E-state index is 11.4. The Hall–Kier alpha value is -0.220. The lowest BCUT2D eigenvalue weighted by molar-refractivity contribution is -0.119. The lowest BCUT2D eigenvalue weighted by atomic mass is 9.98. The lowest BCUT2D eigenvalue weighted by Gasteiger charge is -2.25. The SMILES string of the molecule is CCCSCC(=O)NCC(O)(CC)CC. The van der Waals surface area contributed by atoms with Crippen molar-refractivity contribution >= 4 is 17.7 Å². The molecule has 15 heavy (non-hydrogen) atoms. The first kappa shape index (κ1) is 14.8. The van der Waals surface area contributed by atoms with Crippen molar-refractivity contribution in [3.63, 3.8) is 0 Å². The summed E-state index contributed by atoms with van der Waals surface area (Å²) >= 11 is 1.63. The molecule has 0 aliphatic rings. The van der Waals surface area contributed by atoms with Gasteiger partial charge in [0.2, 0.25) is 5.91 Å². The molecule has 3 nitrogen and oxygen atoms in total. The van der Waals surface area contributed by atoms with Crippen LogP contribution in [-0.4, -0.2) is 34.7 Å². The van der Waals surface area contributed by atoms with Crippen molar-refractivity contribution in [2.24, 2.45) is 0 Å². The van der Waals surface area contributed by atoms with E-state index in [0.717, 1.165) is 12.2 Å². The predicted molar refractivity (Wildman–Crippen MR) is 66.2 cm³/mol. The Balaban J connectivity index is 3.69. The van der Waals surface area contributed by atoms with Crippen LogP contribution in [0.1, 0.15) is 40.0 Å². The Kier molecular flexibility index (Phi) is 7.88. The largest absolute Gasteiger partial charge is 0.388 e. The summed E-state index contributed by atoms with van der Waals surface area (Å²) < 4.78 is 0. The fourth-order valence-corrected chi connectivity index (χ4v) is 1.84. The summed E-state index contributed by atoms with van der Waals surface area (Å²) in [4.78, 5) is 11.4. The highest BCUT2D eigenvalue weighted by atomic mass is 32.2. The summed E-state index contributed by atoms with van der Waals surface area (Å²) in [5.41, 5.74) is -0.731. The molecule has 0 spiro atoms. The van der Waals surface area contributed by atoms with E-state index in [4.69, 9.17) is 0 Å². The van der Waals surface area contributed by atoms with Gasteiger partial charge >= 0.3 is 0 Å². The smallest absolute Gasteiger partial charge is 0.230 e. The van der Waals surface area contributed by atoms with E-state index in [2.05, 4.69) is 12.2 Å². The van der Waals surface area contributed by atoms with Crippen molar-refractivity contribution in [1.29, 1.82) is 0 Å². The topological polar surface area (TPSA) is 49.3 Å². The van der Waals surface area contributed by atoms with Crippen LogP contribution in [0, 0.1) is 0 Å². The van der Waals surface area contributed by atoms with Crippen LogP contribution >= 0.6 is 11.8 Å². The summed E-state index contributed by atoms with van der Waals surface area (Å²) in [6, 6.07) is 0. The quantitative estimate of drug-likeness (QED) is 0.629. The minimum Gasteiger partial charge on any atom is -0.388 e. The van der Waals surface area contributed by atoms with Crippen molar-refractivity contribution in [3.05, 3.63) is 0 Å². The molecular weight excluding hydrogens is 210 g/mol. The van der Waals surface area contributed by atoms with Gasteiger partial charge in [-0.3, -0.25) is 4.79 Å². The monoisotopic (exact) mass is 233 g/mol. The van der Waals surface area contributed by atoms with Gasteiger partial charge in [-0.2, -0.15) is 11.8 Å². The number of aliphatic hydroxyl groups is 1. The summed E-state index contributed by atoms with van der Waals surface area (Å²) in [5, 5.41) is 12.7. The van der Waals surface area contributed by atoms with Crippen LogP contribution in [0.5, 0.6) is 0 Å². The van der Waals surface area contributed by atoms with Crippen LogP contribution in [0.15, 0.2) is 0 Å². The van der Waals surface area contributed by atoms with E-state index in [1.807, 2.05) is 13.8 Å². The molecule has 0 aliphatic carbocycles. The van der Waals surface area contributed by atoms with E-state index >= 15 is 0 Å². The van der Waals surface area contributed by atoms with Crippen LogP contribution in [-0.2, 0) is 4.79 Å². The first-order chi connectivity index (χ1) is 7.08. The van der Waals surface area contributed by atoms with Gasteiger partial charge < -0.3 is 10.4 Å². The third-order valence-corrected chi connectivity index (χ3v) is 3.68. The maximum Gasteiger partial charge on any atom is 0.230 e. The van der Waals surface area contributed by atoms with Gasteiger partial charge in [0.15, 0.2) is 0 Å². The molecular formula is C11H23NO2S. The molecule has 0 aromatic carbocycles. The molecule has 90 valence electrons. The molecule has 0 radical (unpaired) electrons. The third-order valence-electron chi connectivity index (χ3n) is 2.51. The number of hydrogen-bond acceptors (Lipinski definition) is 3. The van der Waals surface area contributed by atoms with Crippen molar-refractivity contribution < 1.29 is 9.90 Å². The summed E-state index contributed by atoms with van der Waals surface area (Å²) in [6.07, 6.45) is 2.43. The van der Waals surface area contributed by atoms with Crippen LogP contribution in [0.2, 0.25) is 0 Å². The zero-order valence-electron chi connectivity index (χ0n) is 10.0. The Bertz CT molecular complexity index is 181. The minimum atomic E-state index is -0.731. The van der Waals surface area contributed by atoms with E-state index < -0.39 is 5.60 Å². The number of carbonyl (C=O) groups is 1. The highest BCUT2D eigenvalue weighted by molar-refractivity contribution is 7.99. The molecule has 0 saturated carbocycles. The molecule has 0 heterocycles. The van der Waals surface area contributed by atoms with Gasteiger partial charge in [0.05, 0.1) is 11.4 Å². The first-order valence-electron chi connectivity index (χ1n) is 5.64. The number of thioether (sulfide) groups is 1. The maximum absolute atomic E-state index is 11.4. The second-order valence-electron chi connectivity index (χ2n) is 3.76. The third kappa shape index (κ3) is 6.79. The molecule has 2 N–H and O–H groups in total. The van der Waals surface area contributed by atoms with E-state index in [9.17, 15) is 9.90 Å². The second kappa shape index (κ2) is 7.99. The first-order valence-corrected chi connectivity index (χ1v) is 6.80. The molecule has 0 rings (SSSR count). The molecule has 0 saturated heterocycles. The second-order valence-corrected chi connectivity index (χ2v) is 4.87. The highest BCUT2D eigenvalue weighted by Crippen LogP contribution is 2.12. The van der Waals surface area contributed by atoms with Crippen LogP contribution in [0.3, 0.4) is 0 Å². The summed E-state index contributed by atoms with van der Waals surface area (Å²) in [6.45, 7) is 6.33. The molecule has 0 aromatic rings. The predicted octanol–water partition coefficient (Wildman–Crippen LogP) is 1.80. The Morgan fingerprint density at radius 3 is 2.40 bits per heavy atom. The van der Waals surface area contributed by atoms with E-state index in [0.29, 0.717) is 25.1 Å². The van der Waals surface area contributed by atoms with Gasteiger partial charge in [-0.05, 0) is 25.0 Å². The number of carbonyl (C=O) groups excluding carboxylic acids is 1. The van der Waals surface area contributed by atoms with Gasteiger partial charge in [0.25, 0.3) is 0 Å². The number of hydrogen-bond donors (Lipinski definition) is 2. The Labute approximate surface area is 97.0 Å². The van der Waals surface area contributed by atoms with Gasteiger partial charge in [-0.15, -0.1) is 0 Å². The van der Waals surface area contributed by atoms with Crippen LogP contribution < -0.4 is 5.32 Å². The highest BCUT2D eigenvalue weighted by Gasteiger charge is 2.22. The van der Waals surface area contributed by atoms with Crippen LogP contribution in [0.4, 0.5) is 0 Å². The summed E-state index contributed by atoms with van der Waals surface area (Å²) in [7, 11) is 0. The Morgan fingerprint density at radius 1 is 1.33 bits per heavy atom. The zero-order valence-corrected chi connectivity index (χ0v) is 10.8. The van der Waals surface area contributed by atoms with Gasteiger partial charge in [0.1, 0.15) is 0 Å². The van der Waals surface area contributed by atoms with Crippen molar-refractivity contribution in [1.82, 2.24) is 5.32 Å². The normalized spacial score (nSPS) is 11.5. The Morgan fingerprint density at radius 2 is 1.93 bits per heavy atom. The average Bonchev–Trinajstić information content (AvgIpc) is 2.26. The molecule has 0 atom stereocenters. The molecule has 0 fully saturated rings. The zero-order chi connectivity index (χ0) is 11.7. The van der Waals surface area contributed by atoms with E-state index in [1.54, 1.807) is 11.8 Å². The summed E-state index contributed by atoms with van der Waals surface area (Å²) in [5.74, 6) is 1.53. The van der Waals surface area contributed by atoms with E-state index in [-0.39, 0.29) is 5.91 Å². The standard InChI is InChI=1S/C11H23NO2S/c1-4-7-15-8-10(13)12-9-11(14,5-2)6-3/h14H,4-9H2,1-3H3,(H,12,13). The lowest BCUT2D eigenvalue weighted by Crippen LogP contribution is -2.42. The molecule has 0 aliphatic heterocycles. The number of amides is 1. The van der Waals surface area contributed by atoms with Crippen LogP contribution in [0.25, 0.3) is 0 Å². The average molecular weight is 233 g/mol.